The van der Waals surface area contributed by atoms with Crippen LogP contribution in [0.1, 0.15) is 6.92 Å². The van der Waals surface area contributed by atoms with E-state index >= 15 is 0 Å². The van der Waals surface area contributed by atoms with Crippen molar-refractivity contribution >= 4 is 29.0 Å². The lowest BCUT2D eigenvalue weighted by Gasteiger charge is -2.08. The quantitative estimate of drug-likeness (QED) is 0.699. The molecule has 0 heterocycles. The second kappa shape index (κ2) is 6.46. The van der Waals surface area contributed by atoms with Gasteiger partial charge in [-0.3, -0.25) is 4.79 Å². The molecule has 0 radical (unpaired) electrons. The van der Waals surface area contributed by atoms with Crippen LogP contribution in [0.5, 0.6) is 0 Å². The lowest BCUT2D eigenvalue weighted by Crippen LogP contribution is -2.17. The summed E-state index contributed by atoms with van der Waals surface area (Å²) in [7, 11) is 0. The van der Waals surface area contributed by atoms with Gasteiger partial charge in [-0.2, -0.15) is 0 Å². The Hall–Kier alpha value is -1.27. The van der Waals surface area contributed by atoms with Gasteiger partial charge in [-0.15, -0.1) is 11.8 Å². The molecule has 0 aliphatic heterocycles. The standard InChI is InChI=1S/C11H15FN2O2S/c1-7(5-15)17-6-11(16)14-8-2-3-9(12)10(13)4-8/h2-4,7,15H,5-6,13H2,1H3,(H,14,16). The molecule has 1 aromatic rings. The number of nitrogens with one attached hydrogen (secondary N) is 1. The largest absolute Gasteiger partial charge is 0.396 e. The van der Waals surface area contributed by atoms with Gasteiger partial charge in [0.05, 0.1) is 18.0 Å². The van der Waals surface area contributed by atoms with Crippen LogP contribution in [0, 0.1) is 5.82 Å². The normalized spacial score (nSPS) is 12.2. The van der Waals surface area contributed by atoms with E-state index in [1.54, 1.807) is 0 Å². The van der Waals surface area contributed by atoms with Gasteiger partial charge in [0.25, 0.3) is 0 Å². The molecular weight excluding hydrogens is 243 g/mol. The number of rotatable bonds is 5. The molecule has 0 saturated heterocycles. The van der Waals surface area contributed by atoms with E-state index in [0.29, 0.717) is 5.69 Å². The van der Waals surface area contributed by atoms with E-state index in [2.05, 4.69) is 5.32 Å². The fourth-order valence-corrected chi connectivity index (χ4v) is 1.70. The van der Waals surface area contributed by atoms with Gasteiger partial charge < -0.3 is 16.2 Å². The molecule has 0 aliphatic carbocycles. The Labute approximate surface area is 103 Å². The predicted molar refractivity (Wildman–Crippen MR) is 68.4 cm³/mol. The van der Waals surface area contributed by atoms with Crippen LogP contribution in [0.25, 0.3) is 0 Å². The number of nitrogen functional groups attached to an aromatic ring is 1. The number of halogens is 1. The van der Waals surface area contributed by atoms with Gasteiger partial charge in [-0.25, -0.2) is 4.39 Å². The first-order valence-corrected chi connectivity index (χ1v) is 6.15. The molecule has 4 nitrogen and oxygen atoms in total. The summed E-state index contributed by atoms with van der Waals surface area (Å²) in [6.45, 7) is 1.86. The number of benzene rings is 1. The molecule has 0 bridgehead atoms. The fraction of sp³-hybridized carbons (Fsp3) is 0.364. The highest BCUT2D eigenvalue weighted by Gasteiger charge is 2.07. The van der Waals surface area contributed by atoms with Crippen LogP contribution in [-0.4, -0.2) is 28.6 Å². The lowest BCUT2D eigenvalue weighted by molar-refractivity contribution is -0.113. The summed E-state index contributed by atoms with van der Waals surface area (Å²) in [6.07, 6.45) is 0. The van der Waals surface area contributed by atoms with E-state index in [4.69, 9.17) is 10.8 Å². The highest BCUT2D eigenvalue weighted by atomic mass is 32.2. The second-order valence-corrected chi connectivity index (χ2v) is 5.02. The van der Waals surface area contributed by atoms with Crippen molar-refractivity contribution in [2.75, 3.05) is 23.4 Å². The van der Waals surface area contributed by atoms with Crippen LogP contribution >= 0.6 is 11.8 Å². The Balaban J connectivity index is 2.48. The molecular formula is C11H15FN2O2S. The van der Waals surface area contributed by atoms with Crippen molar-refractivity contribution in [2.45, 2.75) is 12.2 Å². The number of nitrogens with two attached hydrogens (primary N) is 1. The average Bonchev–Trinajstić information content (AvgIpc) is 2.31. The van der Waals surface area contributed by atoms with Gasteiger partial charge >= 0.3 is 0 Å². The van der Waals surface area contributed by atoms with Crippen LogP contribution in [0.2, 0.25) is 0 Å². The number of amides is 1. The molecule has 6 heteroatoms. The molecule has 1 aromatic carbocycles. The van der Waals surface area contributed by atoms with E-state index < -0.39 is 5.82 Å². The minimum atomic E-state index is -0.508. The number of hydrogen-bond donors (Lipinski definition) is 3. The van der Waals surface area contributed by atoms with Crippen molar-refractivity contribution in [3.05, 3.63) is 24.0 Å². The van der Waals surface area contributed by atoms with Crippen LogP contribution in [-0.2, 0) is 4.79 Å². The van der Waals surface area contributed by atoms with E-state index in [0.717, 1.165) is 0 Å². The number of carbonyl (C=O) groups excluding carboxylic acids is 1. The third-order valence-corrected chi connectivity index (χ3v) is 3.18. The summed E-state index contributed by atoms with van der Waals surface area (Å²) < 4.78 is 12.9. The summed E-state index contributed by atoms with van der Waals surface area (Å²) in [5.74, 6) is -0.480. The molecule has 0 aliphatic rings. The summed E-state index contributed by atoms with van der Waals surface area (Å²) >= 11 is 1.34. The van der Waals surface area contributed by atoms with Gasteiger partial charge in [-0.1, -0.05) is 6.92 Å². The number of thioether (sulfide) groups is 1. The van der Waals surface area contributed by atoms with Crippen molar-refractivity contribution in [1.82, 2.24) is 0 Å². The van der Waals surface area contributed by atoms with Gasteiger partial charge in [0.2, 0.25) is 5.91 Å². The molecule has 17 heavy (non-hydrogen) atoms. The summed E-state index contributed by atoms with van der Waals surface area (Å²) in [6, 6.07) is 4.02. The zero-order valence-corrected chi connectivity index (χ0v) is 10.3. The molecule has 1 rings (SSSR count). The summed E-state index contributed by atoms with van der Waals surface area (Å²) in [5, 5.41) is 11.4. The first-order chi connectivity index (χ1) is 8.02. The number of carbonyl (C=O) groups is 1. The predicted octanol–water partition coefficient (Wildman–Crippen LogP) is 1.46. The van der Waals surface area contributed by atoms with E-state index in [1.165, 1.54) is 30.0 Å². The Morgan fingerprint density at radius 2 is 2.35 bits per heavy atom. The zero-order chi connectivity index (χ0) is 12.8. The first-order valence-electron chi connectivity index (χ1n) is 5.10. The maximum atomic E-state index is 12.9. The molecule has 0 fully saturated rings. The van der Waals surface area contributed by atoms with E-state index in [1.807, 2.05) is 6.92 Å². The van der Waals surface area contributed by atoms with Crippen LogP contribution in [0.3, 0.4) is 0 Å². The van der Waals surface area contributed by atoms with E-state index in [9.17, 15) is 9.18 Å². The monoisotopic (exact) mass is 258 g/mol. The highest BCUT2D eigenvalue weighted by Crippen LogP contribution is 2.17. The van der Waals surface area contributed by atoms with Crippen LogP contribution in [0.15, 0.2) is 18.2 Å². The Morgan fingerprint density at radius 1 is 1.65 bits per heavy atom. The maximum Gasteiger partial charge on any atom is 0.234 e. The van der Waals surface area contributed by atoms with Crippen LogP contribution in [0.4, 0.5) is 15.8 Å². The molecule has 1 unspecified atom stereocenters. The number of hydrogen-bond acceptors (Lipinski definition) is 4. The molecule has 0 saturated carbocycles. The van der Waals surface area contributed by atoms with E-state index in [-0.39, 0.29) is 29.2 Å². The third kappa shape index (κ3) is 4.62. The van der Waals surface area contributed by atoms with Crippen molar-refractivity contribution in [2.24, 2.45) is 0 Å². The SMILES string of the molecule is CC(CO)SCC(=O)Nc1ccc(F)c(N)c1. The summed E-state index contributed by atoms with van der Waals surface area (Å²) in [4.78, 5) is 11.5. The molecule has 0 aromatic heterocycles. The minimum absolute atomic E-state index is 0.000760. The van der Waals surface area contributed by atoms with Gasteiger partial charge in [0, 0.05) is 10.9 Å². The van der Waals surface area contributed by atoms with Crippen molar-refractivity contribution in [3.63, 3.8) is 0 Å². The minimum Gasteiger partial charge on any atom is -0.396 e. The van der Waals surface area contributed by atoms with Crippen LogP contribution < -0.4 is 11.1 Å². The van der Waals surface area contributed by atoms with Gasteiger partial charge in [-0.05, 0) is 18.2 Å². The molecule has 1 atom stereocenters. The fourth-order valence-electron chi connectivity index (χ4n) is 1.09. The molecule has 94 valence electrons. The van der Waals surface area contributed by atoms with Crippen molar-refractivity contribution in [3.8, 4) is 0 Å². The number of aliphatic hydroxyl groups is 1. The van der Waals surface area contributed by atoms with Gasteiger partial charge in [0.1, 0.15) is 5.82 Å². The van der Waals surface area contributed by atoms with Gasteiger partial charge in [0.15, 0.2) is 0 Å². The number of anilines is 2. The Bertz CT molecular complexity index is 401. The number of aliphatic hydroxyl groups excluding tert-OH is 1. The Kier molecular flexibility index (Phi) is 5.24. The van der Waals surface area contributed by atoms with Crippen molar-refractivity contribution < 1.29 is 14.3 Å². The first kappa shape index (κ1) is 13.8. The average molecular weight is 258 g/mol. The molecule has 0 spiro atoms. The molecule has 1 amide bonds. The third-order valence-electron chi connectivity index (χ3n) is 2.04. The Morgan fingerprint density at radius 3 is 2.94 bits per heavy atom. The summed E-state index contributed by atoms with van der Waals surface area (Å²) in [5.41, 5.74) is 5.84. The molecule has 4 N–H and O–H groups in total. The lowest BCUT2D eigenvalue weighted by atomic mass is 10.2. The highest BCUT2D eigenvalue weighted by molar-refractivity contribution is 8.00. The maximum absolute atomic E-state index is 12.9. The smallest absolute Gasteiger partial charge is 0.234 e. The van der Waals surface area contributed by atoms with Crippen molar-refractivity contribution in [1.29, 1.82) is 0 Å². The topological polar surface area (TPSA) is 75.3 Å². The zero-order valence-electron chi connectivity index (χ0n) is 9.44. The second-order valence-electron chi connectivity index (χ2n) is 3.59.